The number of nitro groups is 1. The molecule has 0 heterocycles. The molecule has 0 aliphatic rings. The summed E-state index contributed by atoms with van der Waals surface area (Å²) in [6.45, 7) is 0. The third-order valence-corrected chi connectivity index (χ3v) is 4.26. The van der Waals surface area contributed by atoms with Crippen LogP contribution >= 0.6 is 15.9 Å². The highest BCUT2D eigenvalue weighted by atomic mass is 79.9. The molecule has 2 amide bonds. The van der Waals surface area contributed by atoms with Gasteiger partial charge in [-0.3, -0.25) is 30.6 Å². The largest absolute Gasteiger partial charge is 0.493 e. The smallest absolute Gasteiger partial charge is 0.277 e. The van der Waals surface area contributed by atoms with Crippen LogP contribution in [-0.2, 0) is 11.2 Å². The van der Waals surface area contributed by atoms with Gasteiger partial charge in [0.2, 0.25) is 5.91 Å². The predicted molar refractivity (Wildman–Crippen MR) is 99.7 cm³/mol. The Hall–Kier alpha value is -3.14. The first kappa shape index (κ1) is 20.2. The van der Waals surface area contributed by atoms with E-state index in [2.05, 4.69) is 26.8 Å². The zero-order valence-electron chi connectivity index (χ0n) is 14.4. The SMILES string of the molecule is COc1cc(CC(=O)NNC(=O)c2ccccc2Br)c([N+](=O)[O-])cc1OC. The van der Waals surface area contributed by atoms with Crippen molar-refractivity contribution in [1.29, 1.82) is 0 Å². The van der Waals surface area contributed by atoms with Gasteiger partial charge in [-0.1, -0.05) is 12.1 Å². The van der Waals surface area contributed by atoms with Crippen molar-refractivity contribution in [2.45, 2.75) is 6.42 Å². The molecule has 2 N–H and O–H groups in total. The first-order valence-electron chi connectivity index (χ1n) is 7.60. The van der Waals surface area contributed by atoms with Crippen molar-refractivity contribution in [2.24, 2.45) is 0 Å². The van der Waals surface area contributed by atoms with Crippen LogP contribution in [0.3, 0.4) is 0 Å². The van der Waals surface area contributed by atoms with Gasteiger partial charge in [-0.15, -0.1) is 0 Å². The molecule has 0 atom stereocenters. The highest BCUT2D eigenvalue weighted by Gasteiger charge is 2.21. The molecular weight excluding hydrogens is 422 g/mol. The normalized spacial score (nSPS) is 10.0. The molecule has 27 heavy (non-hydrogen) atoms. The summed E-state index contributed by atoms with van der Waals surface area (Å²) in [4.78, 5) is 34.9. The Morgan fingerprint density at radius 1 is 1.11 bits per heavy atom. The minimum atomic E-state index is -0.634. The maximum atomic E-state index is 12.1. The Balaban J connectivity index is 2.12. The third kappa shape index (κ3) is 4.94. The van der Waals surface area contributed by atoms with Crippen molar-refractivity contribution in [3.05, 3.63) is 62.1 Å². The van der Waals surface area contributed by atoms with Gasteiger partial charge in [-0.05, 0) is 34.1 Å². The van der Waals surface area contributed by atoms with Gasteiger partial charge >= 0.3 is 0 Å². The van der Waals surface area contributed by atoms with Crippen molar-refractivity contribution < 1.29 is 24.0 Å². The van der Waals surface area contributed by atoms with Crippen LogP contribution in [0.5, 0.6) is 11.5 Å². The third-order valence-electron chi connectivity index (χ3n) is 3.57. The van der Waals surface area contributed by atoms with Gasteiger partial charge in [-0.25, -0.2) is 0 Å². The highest BCUT2D eigenvalue weighted by Crippen LogP contribution is 2.34. The summed E-state index contributed by atoms with van der Waals surface area (Å²) in [5, 5.41) is 11.3. The number of hydrazine groups is 1. The maximum absolute atomic E-state index is 12.1. The minimum Gasteiger partial charge on any atom is -0.493 e. The van der Waals surface area contributed by atoms with E-state index in [1.807, 2.05) is 0 Å². The topological polar surface area (TPSA) is 120 Å². The van der Waals surface area contributed by atoms with Crippen LogP contribution in [0.2, 0.25) is 0 Å². The number of amides is 2. The van der Waals surface area contributed by atoms with E-state index >= 15 is 0 Å². The van der Waals surface area contributed by atoms with Crippen LogP contribution < -0.4 is 20.3 Å². The van der Waals surface area contributed by atoms with Gasteiger partial charge in [-0.2, -0.15) is 0 Å². The number of benzene rings is 2. The molecule has 0 aliphatic heterocycles. The van der Waals surface area contributed by atoms with Gasteiger partial charge in [0.25, 0.3) is 11.6 Å². The molecule has 10 heteroatoms. The fourth-order valence-corrected chi connectivity index (χ4v) is 2.74. The number of nitrogens with one attached hydrogen (secondary N) is 2. The number of carbonyl (C=O) groups excluding carboxylic acids is 2. The first-order chi connectivity index (χ1) is 12.9. The average molecular weight is 438 g/mol. The van der Waals surface area contributed by atoms with Crippen molar-refractivity contribution >= 4 is 33.4 Å². The zero-order chi connectivity index (χ0) is 20.0. The minimum absolute atomic E-state index is 0.116. The lowest BCUT2D eigenvalue weighted by atomic mass is 10.1. The van der Waals surface area contributed by atoms with E-state index in [4.69, 9.17) is 9.47 Å². The quantitative estimate of drug-likeness (QED) is 0.528. The molecule has 0 radical (unpaired) electrons. The van der Waals surface area contributed by atoms with E-state index in [1.165, 1.54) is 26.4 Å². The van der Waals surface area contributed by atoms with Gasteiger partial charge in [0.15, 0.2) is 11.5 Å². The molecule has 0 aromatic heterocycles. The molecule has 0 unspecified atom stereocenters. The predicted octanol–water partition coefficient (Wildman–Crippen LogP) is 2.38. The number of ether oxygens (including phenoxy) is 2. The van der Waals surface area contributed by atoms with E-state index in [1.54, 1.807) is 24.3 Å². The van der Waals surface area contributed by atoms with Crippen LogP contribution in [0.4, 0.5) is 5.69 Å². The number of halogens is 1. The number of methoxy groups -OCH3 is 2. The van der Waals surface area contributed by atoms with Crippen LogP contribution in [0, 0.1) is 10.1 Å². The Labute approximate surface area is 162 Å². The van der Waals surface area contributed by atoms with Gasteiger partial charge in [0, 0.05) is 10.0 Å². The fraction of sp³-hybridized carbons (Fsp3) is 0.176. The molecule has 2 rings (SSSR count). The molecular formula is C17H16BrN3O6. The Morgan fingerprint density at radius 2 is 1.74 bits per heavy atom. The van der Waals surface area contributed by atoms with Crippen LogP contribution in [0.25, 0.3) is 0 Å². The molecule has 2 aromatic rings. The molecule has 9 nitrogen and oxygen atoms in total. The van der Waals surface area contributed by atoms with E-state index < -0.39 is 16.7 Å². The number of nitrogens with zero attached hydrogens (tertiary/aromatic N) is 1. The second kappa shape index (κ2) is 8.99. The van der Waals surface area contributed by atoms with Gasteiger partial charge in [0.05, 0.1) is 37.2 Å². The molecule has 2 aromatic carbocycles. The first-order valence-corrected chi connectivity index (χ1v) is 8.39. The lowest BCUT2D eigenvalue weighted by Gasteiger charge is -2.11. The molecule has 0 fully saturated rings. The van der Waals surface area contributed by atoms with Crippen LogP contribution in [0.15, 0.2) is 40.9 Å². The number of nitro benzene ring substituents is 1. The standard InChI is InChI=1S/C17H16BrN3O6/c1-26-14-7-10(13(21(24)25)9-15(14)27-2)8-16(22)19-20-17(23)11-5-3-4-6-12(11)18/h3-7,9H,8H2,1-2H3,(H,19,22)(H,20,23). The molecule has 0 saturated heterocycles. The summed E-state index contributed by atoms with van der Waals surface area (Å²) in [5.41, 5.74) is 4.65. The monoisotopic (exact) mass is 437 g/mol. The molecule has 0 aliphatic carbocycles. The van der Waals surface area contributed by atoms with Gasteiger partial charge < -0.3 is 9.47 Å². The molecule has 0 saturated carbocycles. The Kier molecular flexibility index (Phi) is 6.72. The van der Waals surface area contributed by atoms with Crippen molar-refractivity contribution in [3.8, 4) is 11.5 Å². The summed E-state index contributed by atoms with van der Waals surface area (Å²) in [6.07, 6.45) is -0.340. The van der Waals surface area contributed by atoms with E-state index in [9.17, 15) is 19.7 Å². The zero-order valence-corrected chi connectivity index (χ0v) is 16.0. The van der Waals surface area contributed by atoms with Crippen LogP contribution in [-0.4, -0.2) is 31.0 Å². The van der Waals surface area contributed by atoms with Crippen molar-refractivity contribution in [3.63, 3.8) is 0 Å². The highest BCUT2D eigenvalue weighted by molar-refractivity contribution is 9.10. The second-order valence-electron chi connectivity index (χ2n) is 5.25. The van der Waals surface area contributed by atoms with E-state index in [-0.39, 0.29) is 29.2 Å². The summed E-state index contributed by atoms with van der Waals surface area (Å²) < 4.78 is 10.7. The Bertz CT molecular complexity index is 887. The van der Waals surface area contributed by atoms with Gasteiger partial charge in [0.1, 0.15) is 0 Å². The maximum Gasteiger partial charge on any atom is 0.277 e. The Morgan fingerprint density at radius 3 is 2.33 bits per heavy atom. The molecule has 0 spiro atoms. The second-order valence-corrected chi connectivity index (χ2v) is 6.11. The number of hydrogen-bond donors (Lipinski definition) is 2. The van der Waals surface area contributed by atoms with Crippen LogP contribution in [0.1, 0.15) is 15.9 Å². The van der Waals surface area contributed by atoms with E-state index in [0.29, 0.717) is 10.0 Å². The summed E-state index contributed by atoms with van der Waals surface area (Å²) >= 11 is 3.24. The molecule has 0 bridgehead atoms. The fourth-order valence-electron chi connectivity index (χ4n) is 2.28. The number of hydrogen-bond acceptors (Lipinski definition) is 6. The van der Waals surface area contributed by atoms with E-state index in [0.717, 1.165) is 0 Å². The lowest BCUT2D eigenvalue weighted by molar-refractivity contribution is -0.385. The average Bonchev–Trinajstić information content (AvgIpc) is 2.65. The number of rotatable bonds is 6. The summed E-state index contributed by atoms with van der Waals surface area (Å²) in [6, 6.07) is 9.21. The summed E-state index contributed by atoms with van der Waals surface area (Å²) in [5.74, 6) is -0.734. The van der Waals surface area contributed by atoms with Crippen molar-refractivity contribution in [1.82, 2.24) is 10.9 Å². The lowest BCUT2D eigenvalue weighted by Crippen LogP contribution is -2.42. The molecule has 142 valence electrons. The number of carbonyl (C=O) groups is 2. The summed E-state index contributed by atoms with van der Waals surface area (Å²) in [7, 11) is 2.73. The van der Waals surface area contributed by atoms with Crippen molar-refractivity contribution in [2.75, 3.05) is 14.2 Å².